The lowest BCUT2D eigenvalue weighted by Gasteiger charge is -2.35. The number of halogens is 1. The number of piperidine rings is 1. The molecule has 2 amide bonds. The fourth-order valence-corrected chi connectivity index (χ4v) is 3.04. The third kappa shape index (κ3) is 2.18. The Bertz CT molecular complexity index is 534. The van der Waals surface area contributed by atoms with E-state index in [1.165, 1.54) is 0 Å². The molecule has 1 aromatic heterocycles. The lowest BCUT2D eigenvalue weighted by Crippen LogP contribution is -2.48. The maximum atomic E-state index is 12.5. The first-order chi connectivity index (χ1) is 9.16. The fourth-order valence-electron chi connectivity index (χ4n) is 2.88. The molecule has 2 atom stereocenters. The summed E-state index contributed by atoms with van der Waals surface area (Å²) in [5, 5.41) is 3.14. The number of likely N-dealkylation sites (tertiary alicyclic amines) is 1. The molecule has 2 fully saturated rings. The molecule has 2 saturated heterocycles. The molecule has 2 unspecified atom stereocenters. The summed E-state index contributed by atoms with van der Waals surface area (Å²) in [5.74, 6) is -0.160. The first-order valence-corrected chi connectivity index (χ1v) is 6.76. The smallest absolute Gasteiger partial charge is 0.272 e. The third-order valence-corrected chi connectivity index (χ3v) is 4.01. The molecule has 19 heavy (non-hydrogen) atoms. The highest BCUT2D eigenvalue weighted by Gasteiger charge is 2.42. The Morgan fingerprint density at radius 3 is 3.11 bits per heavy atom. The van der Waals surface area contributed by atoms with Gasteiger partial charge in [-0.3, -0.25) is 9.59 Å². The number of pyridine rings is 1. The molecule has 3 heterocycles. The number of hydrogen-bond donors (Lipinski definition) is 1. The topological polar surface area (TPSA) is 62.3 Å². The van der Waals surface area contributed by atoms with Crippen molar-refractivity contribution < 1.29 is 9.59 Å². The molecular formula is C13H14ClN3O2. The van der Waals surface area contributed by atoms with Gasteiger partial charge >= 0.3 is 0 Å². The van der Waals surface area contributed by atoms with Crippen LogP contribution in [0.3, 0.4) is 0 Å². The summed E-state index contributed by atoms with van der Waals surface area (Å²) in [4.78, 5) is 30.0. The van der Waals surface area contributed by atoms with Crippen LogP contribution >= 0.6 is 11.6 Å². The van der Waals surface area contributed by atoms with E-state index in [0.717, 1.165) is 12.8 Å². The van der Waals surface area contributed by atoms with Crippen molar-refractivity contribution in [1.82, 2.24) is 15.2 Å². The molecule has 2 aliphatic heterocycles. The van der Waals surface area contributed by atoms with Gasteiger partial charge in [0.25, 0.3) is 5.91 Å². The molecule has 3 rings (SSSR count). The molecule has 5 nitrogen and oxygen atoms in total. The van der Waals surface area contributed by atoms with Gasteiger partial charge in [-0.05, 0) is 25.0 Å². The third-order valence-electron chi connectivity index (χ3n) is 3.80. The summed E-state index contributed by atoms with van der Waals surface area (Å²) < 4.78 is 0. The van der Waals surface area contributed by atoms with Gasteiger partial charge in [-0.15, -0.1) is 0 Å². The van der Waals surface area contributed by atoms with Crippen molar-refractivity contribution in [3.05, 3.63) is 29.0 Å². The van der Waals surface area contributed by atoms with E-state index >= 15 is 0 Å². The molecule has 100 valence electrons. The molecule has 0 aliphatic carbocycles. The van der Waals surface area contributed by atoms with E-state index < -0.39 is 0 Å². The molecule has 1 aromatic rings. The summed E-state index contributed by atoms with van der Waals surface area (Å²) in [6.07, 6.45) is 1.70. The van der Waals surface area contributed by atoms with Gasteiger partial charge in [0, 0.05) is 13.1 Å². The van der Waals surface area contributed by atoms with Crippen LogP contribution in [0.4, 0.5) is 0 Å². The molecular weight excluding hydrogens is 266 g/mol. The van der Waals surface area contributed by atoms with E-state index in [1.54, 1.807) is 23.1 Å². The van der Waals surface area contributed by atoms with Crippen LogP contribution in [0.25, 0.3) is 0 Å². The first-order valence-electron chi connectivity index (χ1n) is 6.38. The second-order valence-electron chi connectivity index (χ2n) is 4.91. The number of nitrogens with zero attached hydrogens (tertiary/aromatic N) is 2. The van der Waals surface area contributed by atoms with E-state index in [9.17, 15) is 9.59 Å². The van der Waals surface area contributed by atoms with Crippen LogP contribution in [0.15, 0.2) is 18.2 Å². The Morgan fingerprint density at radius 1 is 1.47 bits per heavy atom. The minimum atomic E-state index is -0.145. The van der Waals surface area contributed by atoms with E-state index in [1.807, 2.05) is 0 Å². The second-order valence-corrected chi connectivity index (χ2v) is 5.29. The number of carbonyl (C=O) groups is 2. The average Bonchev–Trinajstić information content (AvgIpc) is 2.80. The normalized spacial score (nSPS) is 25.9. The highest BCUT2D eigenvalue weighted by molar-refractivity contribution is 6.29. The van der Waals surface area contributed by atoms with Crippen molar-refractivity contribution >= 4 is 23.4 Å². The molecule has 0 saturated carbocycles. The van der Waals surface area contributed by atoms with Gasteiger partial charge in [0.2, 0.25) is 5.91 Å². The van der Waals surface area contributed by atoms with Crippen molar-refractivity contribution in [1.29, 1.82) is 0 Å². The largest absolute Gasteiger partial charge is 0.354 e. The zero-order valence-electron chi connectivity index (χ0n) is 10.3. The zero-order valence-corrected chi connectivity index (χ0v) is 11.1. The molecule has 6 heteroatoms. The molecule has 1 N–H and O–H groups in total. The molecule has 0 spiro atoms. The Morgan fingerprint density at radius 2 is 2.32 bits per heavy atom. The number of fused-ring (bicyclic) bond motifs is 1. The van der Waals surface area contributed by atoms with Gasteiger partial charge in [0.15, 0.2) is 0 Å². The second kappa shape index (κ2) is 4.81. The fraction of sp³-hybridized carbons (Fsp3) is 0.462. The van der Waals surface area contributed by atoms with Crippen molar-refractivity contribution in [3.63, 3.8) is 0 Å². The van der Waals surface area contributed by atoms with Crippen molar-refractivity contribution in [3.8, 4) is 0 Å². The highest BCUT2D eigenvalue weighted by Crippen LogP contribution is 2.28. The van der Waals surface area contributed by atoms with Crippen LogP contribution < -0.4 is 5.32 Å². The maximum Gasteiger partial charge on any atom is 0.272 e. The average molecular weight is 280 g/mol. The number of hydrogen-bond acceptors (Lipinski definition) is 3. The number of rotatable bonds is 1. The quantitative estimate of drug-likeness (QED) is 0.783. The van der Waals surface area contributed by atoms with E-state index in [2.05, 4.69) is 10.3 Å². The van der Waals surface area contributed by atoms with Gasteiger partial charge in [-0.25, -0.2) is 4.98 Å². The molecule has 0 bridgehead atoms. The van der Waals surface area contributed by atoms with Crippen LogP contribution in [0.1, 0.15) is 23.3 Å². The lowest BCUT2D eigenvalue weighted by molar-refractivity contribution is -0.123. The first kappa shape index (κ1) is 12.4. The van der Waals surface area contributed by atoms with Crippen LogP contribution in [0.5, 0.6) is 0 Å². The summed E-state index contributed by atoms with van der Waals surface area (Å²) in [5.41, 5.74) is 0.340. The number of nitrogens with one attached hydrogen (secondary N) is 1. The van der Waals surface area contributed by atoms with Gasteiger partial charge in [-0.2, -0.15) is 0 Å². The van der Waals surface area contributed by atoms with Crippen LogP contribution in [0, 0.1) is 5.92 Å². The number of aromatic nitrogens is 1. The summed E-state index contributed by atoms with van der Waals surface area (Å²) in [6, 6.07) is 4.96. The zero-order chi connectivity index (χ0) is 13.4. The predicted molar refractivity (Wildman–Crippen MR) is 69.8 cm³/mol. The van der Waals surface area contributed by atoms with Crippen molar-refractivity contribution in [2.75, 3.05) is 13.1 Å². The van der Waals surface area contributed by atoms with Gasteiger partial charge < -0.3 is 10.2 Å². The van der Waals surface area contributed by atoms with Crippen molar-refractivity contribution in [2.24, 2.45) is 5.92 Å². The predicted octanol–water partition coefficient (Wildman–Crippen LogP) is 1.09. The van der Waals surface area contributed by atoms with Crippen LogP contribution in [0.2, 0.25) is 5.15 Å². The highest BCUT2D eigenvalue weighted by atomic mass is 35.5. The van der Waals surface area contributed by atoms with Crippen LogP contribution in [-0.2, 0) is 4.79 Å². The maximum absolute atomic E-state index is 12.5. The van der Waals surface area contributed by atoms with E-state index in [-0.39, 0.29) is 23.8 Å². The summed E-state index contributed by atoms with van der Waals surface area (Å²) in [7, 11) is 0. The summed E-state index contributed by atoms with van der Waals surface area (Å²) in [6.45, 7) is 1.21. The Hall–Kier alpha value is -1.62. The van der Waals surface area contributed by atoms with Gasteiger partial charge in [0.05, 0.1) is 12.0 Å². The van der Waals surface area contributed by atoms with Gasteiger partial charge in [0.1, 0.15) is 10.8 Å². The summed E-state index contributed by atoms with van der Waals surface area (Å²) >= 11 is 5.81. The standard InChI is InChI=1S/C13H14ClN3O2/c14-11-5-1-4-9(16-11)13(19)17-6-2-3-8-10(17)7-15-12(8)18/h1,4-5,8,10H,2-3,6-7H2,(H,15,18). The van der Waals surface area contributed by atoms with Gasteiger partial charge in [-0.1, -0.05) is 17.7 Å². The van der Waals surface area contributed by atoms with E-state index in [4.69, 9.17) is 11.6 Å². The minimum Gasteiger partial charge on any atom is -0.354 e. The Kier molecular flexibility index (Phi) is 3.14. The van der Waals surface area contributed by atoms with E-state index in [0.29, 0.717) is 23.9 Å². The lowest BCUT2D eigenvalue weighted by atomic mass is 9.91. The van der Waals surface area contributed by atoms with Crippen molar-refractivity contribution in [2.45, 2.75) is 18.9 Å². The molecule has 2 aliphatic rings. The molecule has 0 aromatic carbocycles. The monoisotopic (exact) mass is 279 g/mol. The SMILES string of the molecule is O=C1NCC2C1CCCN2C(=O)c1cccc(Cl)n1. The number of amides is 2. The van der Waals surface area contributed by atoms with Crippen LogP contribution in [-0.4, -0.2) is 40.8 Å². The Balaban J connectivity index is 1.85. The number of carbonyl (C=O) groups excluding carboxylic acids is 2. The molecule has 0 radical (unpaired) electrons. The minimum absolute atomic E-state index is 0.0467. The Labute approximate surface area is 115 Å².